The number of aryl methyl sites for hydroxylation is 1. The molecule has 0 radical (unpaired) electrons. The van der Waals surface area contributed by atoms with Crippen molar-refractivity contribution >= 4 is 27.8 Å². The summed E-state index contributed by atoms with van der Waals surface area (Å²) in [6.07, 6.45) is 1.48. The summed E-state index contributed by atoms with van der Waals surface area (Å²) in [5.41, 5.74) is 4.33. The average Bonchev–Trinajstić information content (AvgIpc) is 2.87. The fraction of sp³-hybridized carbons (Fsp3) is 0.259. The molecule has 0 fully saturated rings. The Balaban J connectivity index is 1.77. The van der Waals surface area contributed by atoms with E-state index in [9.17, 15) is 13.2 Å². The van der Waals surface area contributed by atoms with Gasteiger partial charge in [0, 0.05) is 0 Å². The second-order valence-corrected chi connectivity index (χ2v) is 10.4. The molecule has 0 heterocycles. The number of hydrogen-bond donors (Lipinski definition) is 1. The number of nitrogens with one attached hydrogen (secondary N) is 1. The summed E-state index contributed by atoms with van der Waals surface area (Å²) < 4.78 is 39.1. The molecule has 0 saturated heterocycles. The highest BCUT2D eigenvalue weighted by Gasteiger charge is 2.29. The molecular weight excluding hydrogens is 478 g/mol. The number of hydrazone groups is 1. The summed E-state index contributed by atoms with van der Waals surface area (Å²) in [4.78, 5) is 12.8. The molecule has 8 nitrogen and oxygen atoms in total. The number of amides is 1. The number of hydrogen-bond acceptors (Lipinski definition) is 6. The molecule has 9 heteroatoms. The number of anilines is 1. The summed E-state index contributed by atoms with van der Waals surface area (Å²) in [5, 5.41) is 3.98. The standard InChI is InChI=1S/C27H31N3O5S/c1-20(2)19-35-23-13-11-22(12-14-23)17-28-29-27(31)18-30(25-7-5-6-8-26(25)34-4)36(32,33)24-15-9-21(3)10-16-24/h5-17,20H,18-19H2,1-4H3,(H,29,31)/b28-17-. The van der Waals surface area contributed by atoms with E-state index in [2.05, 4.69) is 24.4 Å². The summed E-state index contributed by atoms with van der Waals surface area (Å²) >= 11 is 0. The predicted molar refractivity (Wildman–Crippen MR) is 141 cm³/mol. The van der Waals surface area contributed by atoms with Gasteiger partial charge in [-0.15, -0.1) is 0 Å². The first kappa shape index (κ1) is 26.7. The third-order valence-corrected chi connectivity index (χ3v) is 6.89. The molecule has 0 saturated carbocycles. The smallest absolute Gasteiger partial charge is 0.264 e. The lowest BCUT2D eigenvalue weighted by Gasteiger charge is -2.25. The quantitative estimate of drug-likeness (QED) is 0.306. The van der Waals surface area contributed by atoms with Gasteiger partial charge in [-0.05, 0) is 66.9 Å². The number of rotatable bonds is 11. The zero-order valence-corrected chi connectivity index (χ0v) is 21.7. The van der Waals surface area contributed by atoms with Crippen LogP contribution in [0.3, 0.4) is 0 Å². The number of carbonyl (C=O) groups excluding carboxylic acids is 1. The van der Waals surface area contributed by atoms with E-state index in [1.807, 2.05) is 31.2 Å². The molecule has 0 bridgehead atoms. The van der Waals surface area contributed by atoms with Crippen LogP contribution < -0.4 is 19.2 Å². The summed E-state index contributed by atoms with van der Waals surface area (Å²) in [6.45, 7) is 6.15. The molecule has 190 valence electrons. The number of methoxy groups -OCH3 is 1. The topological polar surface area (TPSA) is 97.3 Å². The molecule has 3 aromatic rings. The van der Waals surface area contributed by atoms with E-state index >= 15 is 0 Å². The molecule has 0 aliphatic heterocycles. The van der Waals surface area contributed by atoms with Gasteiger partial charge in [-0.25, -0.2) is 13.8 Å². The molecular formula is C27H31N3O5S. The third-order valence-electron chi connectivity index (χ3n) is 5.12. The van der Waals surface area contributed by atoms with Crippen LogP contribution in [0.1, 0.15) is 25.0 Å². The molecule has 0 atom stereocenters. The number of sulfonamides is 1. The number of para-hydroxylation sites is 2. The van der Waals surface area contributed by atoms with Gasteiger partial charge in [0.25, 0.3) is 15.9 Å². The van der Waals surface area contributed by atoms with Crippen molar-refractivity contribution in [3.8, 4) is 11.5 Å². The molecule has 0 unspecified atom stereocenters. The molecule has 0 aromatic heterocycles. The zero-order chi connectivity index (χ0) is 26.1. The van der Waals surface area contributed by atoms with Crippen molar-refractivity contribution in [1.29, 1.82) is 0 Å². The van der Waals surface area contributed by atoms with Gasteiger partial charge in [0.2, 0.25) is 0 Å². The van der Waals surface area contributed by atoms with Crippen molar-refractivity contribution in [3.05, 3.63) is 83.9 Å². The first-order valence-electron chi connectivity index (χ1n) is 11.5. The first-order valence-corrected chi connectivity index (χ1v) is 12.9. The minimum absolute atomic E-state index is 0.0649. The van der Waals surface area contributed by atoms with Crippen molar-refractivity contribution in [2.45, 2.75) is 25.7 Å². The Bertz CT molecular complexity index is 1290. The second-order valence-electron chi connectivity index (χ2n) is 8.56. The van der Waals surface area contributed by atoms with E-state index < -0.39 is 22.5 Å². The molecule has 3 rings (SSSR count). The Kier molecular flexibility index (Phi) is 9.08. The second kappa shape index (κ2) is 12.2. The fourth-order valence-corrected chi connectivity index (χ4v) is 4.66. The number of benzene rings is 3. The van der Waals surface area contributed by atoms with E-state index in [0.717, 1.165) is 21.2 Å². The maximum Gasteiger partial charge on any atom is 0.264 e. The Labute approximate surface area is 212 Å². The van der Waals surface area contributed by atoms with Crippen LogP contribution in [0.25, 0.3) is 0 Å². The summed E-state index contributed by atoms with van der Waals surface area (Å²) in [7, 11) is -2.62. The van der Waals surface area contributed by atoms with Gasteiger partial charge in [0.15, 0.2) is 0 Å². The van der Waals surface area contributed by atoms with Gasteiger partial charge in [0.05, 0.1) is 30.5 Å². The highest BCUT2D eigenvalue weighted by Crippen LogP contribution is 2.32. The molecule has 3 aromatic carbocycles. The van der Waals surface area contributed by atoms with Crippen molar-refractivity contribution in [3.63, 3.8) is 0 Å². The van der Waals surface area contributed by atoms with Crippen LogP contribution >= 0.6 is 0 Å². The van der Waals surface area contributed by atoms with Crippen molar-refractivity contribution in [2.24, 2.45) is 11.0 Å². The largest absolute Gasteiger partial charge is 0.495 e. The minimum atomic E-state index is -4.07. The van der Waals surface area contributed by atoms with E-state index in [0.29, 0.717) is 18.3 Å². The molecule has 0 aliphatic carbocycles. The van der Waals surface area contributed by atoms with E-state index in [4.69, 9.17) is 9.47 Å². The Hall–Kier alpha value is -3.85. The molecule has 0 spiro atoms. The van der Waals surface area contributed by atoms with Gasteiger partial charge in [-0.1, -0.05) is 43.7 Å². The minimum Gasteiger partial charge on any atom is -0.495 e. The maximum atomic E-state index is 13.5. The van der Waals surface area contributed by atoms with E-state index in [1.54, 1.807) is 36.4 Å². The lowest BCUT2D eigenvalue weighted by Crippen LogP contribution is -2.39. The third kappa shape index (κ3) is 7.08. The highest BCUT2D eigenvalue weighted by atomic mass is 32.2. The Morgan fingerprint density at radius 2 is 1.69 bits per heavy atom. The van der Waals surface area contributed by atoms with Crippen molar-refractivity contribution < 1.29 is 22.7 Å². The van der Waals surface area contributed by atoms with E-state index in [-0.39, 0.29) is 10.6 Å². The molecule has 36 heavy (non-hydrogen) atoms. The predicted octanol–water partition coefficient (Wildman–Crippen LogP) is 4.38. The van der Waals surface area contributed by atoms with Gasteiger partial charge in [-0.3, -0.25) is 9.10 Å². The lowest BCUT2D eigenvalue weighted by atomic mass is 10.2. The Morgan fingerprint density at radius 1 is 1.03 bits per heavy atom. The van der Waals surface area contributed by atoms with Crippen LogP contribution in [-0.4, -0.2) is 40.8 Å². The van der Waals surface area contributed by atoms with Crippen LogP contribution in [0, 0.1) is 12.8 Å². The first-order chi connectivity index (χ1) is 17.2. The summed E-state index contributed by atoms with van der Waals surface area (Å²) in [5.74, 6) is 0.888. The van der Waals surface area contributed by atoms with Gasteiger partial charge in [0.1, 0.15) is 18.0 Å². The monoisotopic (exact) mass is 509 g/mol. The number of nitrogens with zero attached hydrogens (tertiary/aromatic N) is 2. The van der Waals surface area contributed by atoms with Gasteiger partial charge >= 0.3 is 0 Å². The highest BCUT2D eigenvalue weighted by molar-refractivity contribution is 7.92. The van der Waals surface area contributed by atoms with E-state index in [1.165, 1.54) is 25.5 Å². The molecule has 0 aliphatic rings. The molecule has 1 N–H and O–H groups in total. The van der Waals surface area contributed by atoms with Crippen LogP contribution in [-0.2, 0) is 14.8 Å². The van der Waals surface area contributed by atoms with Crippen LogP contribution in [0.4, 0.5) is 5.69 Å². The number of carbonyl (C=O) groups is 1. The molecule has 1 amide bonds. The number of ether oxygens (including phenoxy) is 2. The van der Waals surface area contributed by atoms with Crippen molar-refractivity contribution in [2.75, 3.05) is 24.6 Å². The van der Waals surface area contributed by atoms with Gasteiger partial charge < -0.3 is 9.47 Å². The SMILES string of the molecule is COc1ccccc1N(CC(=O)N/N=C\c1ccc(OCC(C)C)cc1)S(=O)(=O)c1ccc(C)cc1. The fourth-order valence-electron chi connectivity index (χ4n) is 3.23. The Morgan fingerprint density at radius 3 is 2.33 bits per heavy atom. The average molecular weight is 510 g/mol. The normalized spacial score (nSPS) is 11.5. The zero-order valence-electron chi connectivity index (χ0n) is 20.8. The van der Waals surface area contributed by atoms with Crippen molar-refractivity contribution in [1.82, 2.24) is 5.43 Å². The lowest BCUT2D eigenvalue weighted by molar-refractivity contribution is -0.119. The maximum absolute atomic E-state index is 13.5. The summed E-state index contributed by atoms with van der Waals surface area (Å²) in [6, 6.07) is 20.3. The van der Waals surface area contributed by atoms with Crippen LogP contribution in [0.5, 0.6) is 11.5 Å². The van der Waals surface area contributed by atoms with Gasteiger partial charge in [-0.2, -0.15) is 5.10 Å². The van der Waals surface area contributed by atoms with Crippen LogP contribution in [0.2, 0.25) is 0 Å². The van der Waals surface area contributed by atoms with Crippen LogP contribution in [0.15, 0.2) is 82.8 Å².